The lowest BCUT2D eigenvalue weighted by atomic mass is 9.98. The van der Waals surface area contributed by atoms with E-state index in [9.17, 15) is 4.79 Å². The molecule has 4 aromatic rings. The smallest absolute Gasteiger partial charge is 0.248 e. The van der Waals surface area contributed by atoms with Crippen LogP contribution in [0.4, 0.5) is 5.69 Å². The average Bonchev–Trinajstić information content (AvgIpc) is 3.26. The molecule has 0 aliphatic rings. The largest absolute Gasteiger partial charge is 0.497 e. The third-order valence-electron chi connectivity index (χ3n) is 5.78. The van der Waals surface area contributed by atoms with Crippen LogP contribution in [0.1, 0.15) is 25.0 Å². The van der Waals surface area contributed by atoms with E-state index in [1.54, 1.807) is 44.8 Å². The summed E-state index contributed by atoms with van der Waals surface area (Å²) in [5.41, 5.74) is 6.08. The summed E-state index contributed by atoms with van der Waals surface area (Å²) in [6.45, 7) is 6.36. The number of carbonyl (C=O) groups excluding carboxylic acids is 1. The normalized spacial score (nSPS) is 11.4. The fourth-order valence-corrected chi connectivity index (χ4v) is 3.95. The van der Waals surface area contributed by atoms with Crippen molar-refractivity contribution in [3.63, 3.8) is 0 Å². The molecule has 6 heteroatoms. The van der Waals surface area contributed by atoms with Gasteiger partial charge in [0.1, 0.15) is 22.8 Å². The molecular formula is C29H29NO5. The molecule has 0 fully saturated rings. The van der Waals surface area contributed by atoms with Gasteiger partial charge in [-0.25, -0.2) is 0 Å². The number of benzene rings is 3. The Morgan fingerprint density at radius 2 is 1.77 bits per heavy atom. The quantitative estimate of drug-likeness (QED) is 0.284. The topological polar surface area (TPSA) is 69.9 Å². The highest BCUT2D eigenvalue weighted by atomic mass is 16.5. The molecule has 3 aromatic carbocycles. The van der Waals surface area contributed by atoms with Crippen LogP contribution in [0.3, 0.4) is 0 Å². The monoisotopic (exact) mass is 471 g/mol. The Kier molecular flexibility index (Phi) is 7.11. The first-order valence-electron chi connectivity index (χ1n) is 11.4. The molecule has 0 spiro atoms. The number of nitrogens with one attached hydrogen (secondary N) is 1. The van der Waals surface area contributed by atoms with Crippen molar-refractivity contribution in [2.75, 3.05) is 26.1 Å². The Hall–Kier alpha value is -4.19. The number of hydrogen-bond donors (Lipinski definition) is 1. The van der Waals surface area contributed by atoms with E-state index in [4.69, 9.17) is 18.6 Å². The Morgan fingerprint density at radius 3 is 2.46 bits per heavy atom. The van der Waals surface area contributed by atoms with E-state index >= 15 is 0 Å². The molecule has 0 saturated heterocycles. The molecule has 4 rings (SSSR count). The van der Waals surface area contributed by atoms with E-state index in [2.05, 4.69) is 36.5 Å². The van der Waals surface area contributed by atoms with Gasteiger partial charge in [-0.05, 0) is 50.1 Å². The second-order valence-corrected chi connectivity index (χ2v) is 8.18. The molecule has 0 aliphatic carbocycles. The van der Waals surface area contributed by atoms with E-state index in [1.807, 2.05) is 26.0 Å². The van der Waals surface area contributed by atoms with Crippen LogP contribution >= 0.6 is 0 Å². The summed E-state index contributed by atoms with van der Waals surface area (Å²) < 4.78 is 22.4. The molecule has 35 heavy (non-hydrogen) atoms. The number of hydrogen-bond acceptors (Lipinski definition) is 5. The maximum Gasteiger partial charge on any atom is 0.248 e. The standard InChI is InChI=1S/C29H29NO5/c1-6-34-27-16-28-23(24(17-35-28)20-9-7-18(2)8-10-20)15-22(27)19(3)13-29(31)30-25-14-21(32-4)11-12-26(25)33-5/h7-17H,6H2,1-5H3,(H,30,31)/b19-13+. The number of aryl methyl sites for hydroxylation is 1. The molecule has 180 valence electrons. The number of allylic oxidation sites excluding steroid dienone is 1. The third kappa shape index (κ3) is 5.17. The van der Waals surface area contributed by atoms with E-state index in [1.165, 1.54) is 5.56 Å². The van der Waals surface area contributed by atoms with E-state index in [0.717, 1.165) is 33.2 Å². The number of fused-ring (bicyclic) bond motifs is 1. The summed E-state index contributed by atoms with van der Waals surface area (Å²) in [6.07, 6.45) is 3.31. The van der Waals surface area contributed by atoms with Gasteiger partial charge in [0.05, 0.1) is 32.8 Å². The van der Waals surface area contributed by atoms with Gasteiger partial charge in [0.2, 0.25) is 5.91 Å². The van der Waals surface area contributed by atoms with E-state index in [0.29, 0.717) is 29.5 Å². The van der Waals surface area contributed by atoms with Gasteiger partial charge in [0, 0.05) is 34.7 Å². The first-order chi connectivity index (χ1) is 16.9. The molecule has 1 amide bonds. The second kappa shape index (κ2) is 10.4. The average molecular weight is 472 g/mol. The number of carbonyl (C=O) groups is 1. The third-order valence-corrected chi connectivity index (χ3v) is 5.78. The van der Waals surface area contributed by atoms with Gasteiger partial charge in [-0.3, -0.25) is 4.79 Å². The van der Waals surface area contributed by atoms with Crippen molar-refractivity contribution < 1.29 is 23.4 Å². The number of amides is 1. The van der Waals surface area contributed by atoms with Crippen molar-refractivity contribution in [3.05, 3.63) is 78.1 Å². The summed E-state index contributed by atoms with van der Waals surface area (Å²) in [5, 5.41) is 3.84. The van der Waals surface area contributed by atoms with Crippen LogP contribution in [-0.2, 0) is 4.79 Å². The Morgan fingerprint density at radius 1 is 1.00 bits per heavy atom. The Labute approximate surface area is 205 Å². The van der Waals surface area contributed by atoms with Crippen molar-refractivity contribution in [1.82, 2.24) is 0 Å². The first kappa shape index (κ1) is 24.0. The molecule has 0 atom stereocenters. The summed E-state index contributed by atoms with van der Waals surface area (Å²) in [4.78, 5) is 12.9. The lowest BCUT2D eigenvalue weighted by Crippen LogP contribution is -2.10. The zero-order chi connectivity index (χ0) is 24.9. The van der Waals surface area contributed by atoms with Crippen LogP contribution in [0.2, 0.25) is 0 Å². The molecular weight excluding hydrogens is 442 g/mol. The van der Waals surface area contributed by atoms with Crippen molar-refractivity contribution in [2.45, 2.75) is 20.8 Å². The molecule has 0 bridgehead atoms. The van der Waals surface area contributed by atoms with Crippen molar-refractivity contribution >= 4 is 28.1 Å². The summed E-state index contributed by atoms with van der Waals surface area (Å²) in [7, 11) is 3.13. The summed E-state index contributed by atoms with van der Waals surface area (Å²) >= 11 is 0. The van der Waals surface area contributed by atoms with Gasteiger partial charge in [0.25, 0.3) is 0 Å². The minimum absolute atomic E-state index is 0.289. The van der Waals surface area contributed by atoms with Gasteiger partial charge in [-0.1, -0.05) is 29.8 Å². The SMILES string of the molecule is CCOc1cc2occ(-c3ccc(C)cc3)c2cc1/C(C)=C/C(=O)Nc1cc(OC)ccc1OC. The van der Waals surface area contributed by atoms with Crippen molar-refractivity contribution in [1.29, 1.82) is 0 Å². The molecule has 0 saturated carbocycles. The van der Waals surface area contributed by atoms with Gasteiger partial charge >= 0.3 is 0 Å². The van der Waals surface area contributed by atoms with Crippen LogP contribution in [0.5, 0.6) is 17.2 Å². The van der Waals surface area contributed by atoms with Crippen LogP contribution in [0.25, 0.3) is 27.7 Å². The molecule has 0 radical (unpaired) electrons. The lowest BCUT2D eigenvalue weighted by Gasteiger charge is -2.13. The molecule has 1 heterocycles. The maximum atomic E-state index is 12.9. The van der Waals surface area contributed by atoms with E-state index < -0.39 is 0 Å². The predicted molar refractivity (Wildman–Crippen MR) is 139 cm³/mol. The van der Waals surface area contributed by atoms with Crippen molar-refractivity contribution in [2.24, 2.45) is 0 Å². The summed E-state index contributed by atoms with van der Waals surface area (Å²) in [5.74, 6) is 1.53. The minimum atomic E-state index is -0.289. The Balaban J connectivity index is 1.71. The molecule has 6 nitrogen and oxygen atoms in total. The minimum Gasteiger partial charge on any atom is -0.497 e. The van der Waals surface area contributed by atoms with Crippen LogP contribution in [0, 0.1) is 6.92 Å². The number of furan rings is 1. The van der Waals surface area contributed by atoms with Crippen LogP contribution in [0.15, 0.2) is 71.4 Å². The highest BCUT2D eigenvalue weighted by Crippen LogP contribution is 2.38. The predicted octanol–water partition coefficient (Wildman–Crippen LogP) is 6.87. The molecule has 1 aromatic heterocycles. The molecule has 0 unspecified atom stereocenters. The van der Waals surface area contributed by atoms with Crippen LogP contribution < -0.4 is 19.5 Å². The highest BCUT2D eigenvalue weighted by molar-refractivity contribution is 6.06. The maximum absolute atomic E-state index is 12.9. The fourth-order valence-electron chi connectivity index (χ4n) is 3.95. The fraction of sp³-hybridized carbons (Fsp3) is 0.207. The number of rotatable bonds is 8. The molecule has 1 N–H and O–H groups in total. The summed E-state index contributed by atoms with van der Waals surface area (Å²) in [6, 6.07) is 17.4. The Bertz CT molecular complexity index is 1380. The second-order valence-electron chi connectivity index (χ2n) is 8.18. The first-order valence-corrected chi connectivity index (χ1v) is 11.4. The molecule has 0 aliphatic heterocycles. The number of anilines is 1. The highest BCUT2D eigenvalue weighted by Gasteiger charge is 2.16. The lowest BCUT2D eigenvalue weighted by molar-refractivity contribution is -0.111. The van der Waals surface area contributed by atoms with Gasteiger partial charge in [0.15, 0.2) is 0 Å². The van der Waals surface area contributed by atoms with Crippen molar-refractivity contribution in [3.8, 4) is 28.4 Å². The number of methoxy groups -OCH3 is 2. The zero-order valence-electron chi connectivity index (χ0n) is 20.6. The number of ether oxygens (including phenoxy) is 3. The van der Waals surface area contributed by atoms with Gasteiger partial charge in [-0.15, -0.1) is 0 Å². The zero-order valence-corrected chi connectivity index (χ0v) is 20.6. The van der Waals surface area contributed by atoms with Gasteiger partial charge < -0.3 is 23.9 Å². The van der Waals surface area contributed by atoms with E-state index in [-0.39, 0.29) is 5.91 Å². The van der Waals surface area contributed by atoms with Crippen LogP contribution in [-0.4, -0.2) is 26.7 Å². The van der Waals surface area contributed by atoms with Gasteiger partial charge in [-0.2, -0.15) is 0 Å².